The van der Waals surface area contributed by atoms with Gasteiger partial charge in [0.1, 0.15) is 0 Å². The molecule has 0 unspecified atom stereocenters. The average molecular weight is 54.1 g/mol. The van der Waals surface area contributed by atoms with Gasteiger partial charge in [0, 0.05) is 0 Å². The van der Waals surface area contributed by atoms with Gasteiger partial charge in [0.25, 0.3) is 0 Å². The van der Waals surface area contributed by atoms with Crippen molar-refractivity contribution in [1.82, 2.24) is 0 Å². The zero-order valence-corrected chi connectivity index (χ0v) is 2.62. The molecule has 1 rings (SSSR count). The van der Waals surface area contributed by atoms with Crippen LogP contribution in [0.4, 0.5) is 0 Å². The summed E-state index contributed by atoms with van der Waals surface area (Å²) in [6.07, 6.45) is 7.00. The van der Waals surface area contributed by atoms with E-state index >= 15 is 0 Å². The SMILES string of the molecule is [C]1CCC1. The van der Waals surface area contributed by atoms with Crippen molar-refractivity contribution in [3.8, 4) is 0 Å². The van der Waals surface area contributed by atoms with Gasteiger partial charge in [0.05, 0.1) is 0 Å². The average Bonchev–Trinajstić information content (AvgIpc) is 0.722. The van der Waals surface area contributed by atoms with Gasteiger partial charge in [-0.15, -0.1) is 0 Å². The molecule has 0 aromatic heterocycles. The van der Waals surface area contributed by atoms with Gasteiger partial charge in [-0.05, 0) is 19.3 Å². The third-order valence-electron chi connectivity index (χ3n) is 0.707. The summed E-state index contributed by atoms with van der Waals surface area (Å²) in [6.45, 7) is 0. The van der Waals surface area contributed by atoms with Crippen molar-refractivity contribution in [3.05, 3.63) is 6.42 Å². The molecule has 0 aliphatic heterocycles. The Bertz CT molecular complexity index is 8.00. The lowest BCUT2D eigenvalue weighted by molar-refractivity contribution is 0.652. The first-order chi connectivity index (χ1) is 2.00. The molecule has 0 nitrogen and oxygen atoms in total. The van der Waals surface area contributed by atoms with Crippen LogP contribution in [0.1, 0.15) is 19.3 Å². The van der Waals surface area contributed by atoms with E-state index in [2.05, 4.69) is 6.42 Å². The van der Waals surface area contributed by atoms with Crippen molar-refractivity contribution in [2.24, 2.45) is 0 Å². The quantitative estimate of drug-likeness (QED) is 0.390. The summed E-state index contributed by atoms with van der Waals surface area (Å²) in [5.41, 5.74) is 0. The van der Waals surface area contributed by atoms with Gasteiger partial charge < -0.3 is 0 Å². The van der Waals surface area contributed by atoms with Crippen molar-refractivity contribution in [1.29, 1.82) is 0 Å². The molecule has 0 bridgehead atoms. The van der Waals surface area contributed by atoms with E-state index in [1.165, 1.54) is 19.3 Å². The molecule has 0 amide bonds. The summed E-state index contributed by atoms with van der Waals surface area (Å²) in [4.78, 5) is 0. The number of hydrogen-bond acceptors (Lipinski definition) is 0. The van der Waals surface area contributed by atoms with E-state index in [-0.39, 0.29) is 0 Å². The molecule has 0 atom stereocenters. The molecule has 0 N–H and O–H groups in total. The molecule has 22 valence electrons. The zero-order valence-electron chi connectivity index (χ0n) is 2.62. The molecule has 4 heavy (non-hydrogen) atoms. The predicted octanol–water partition coefficient (Wildman–Crippen LogP) is 1.25. The smallest absolute Gasteiger partial charge is 0.0173 e. The second-order valence-electron chi connectivity index (χ2n) is 1.10. The van der Waals surface area contributed by atoms with Gasteiger partial charge in [-0.3, -0.25) is 0 Å². The second-order valence-corrected chi connectivity index (χ2v) is 1.10. The maximum Gasteiger partial charge on any atom is -0.0173 e. The Morgan fingerprint density at radius 3 is 1.50 bits per heavy atom. The lowest BCUT2D eigenvalue weighted by atomic mass is 10.0. The highest BCUT2D eigenvalue weighted by atomic mass is 14.0. The van der Waals surface area contributed by atoms with E-state index in [0.29, 0.717) is 0 Å². The van der Waals surface area contributed by atoms with Crippen molar-refractivity contribution < 1.29 is 0 Å². The Kier molecular flexibility index (Phi) is 0.422. The van der Waals surface area contributed by atoms with E-state index in [0.717, 1.165) is 0 Å². The van der Waals surface area contributed by atoms with Crippen LogP contribution in [0.2, 0.25) is 0 Å². The van der Waals surface area contributed by atoms with Crippen LogP contribution in [0.15, 0.2) is 0 Å². The molecule has 0 heteroatoms. The maximum absolute atomic E-state index is 3.11. The lowest BCUT2D eigenvalue weighted by Crippen LogP contribution is -1.87. The molecule has 1 fully saturated rings. The Labute approximate surface area is 26.8 Å². The van der Waals surface area contributed by atoms with Crippen molar-refractivity contribution in [2.45, 2.75) is 19.3 Å². The summed E-state index contributed by atoms with van der Waals surface area (Å²) in [7, 11) is 0. The predicted molar refractivity (Wildman–Crippen MR) is 17.1 cm³/mol. The zero-order chi connectivity index (χ0) is 2.83. The fraction of sp³-hybridized carbons (Fsp3) is 0.750. The molecule has 1 saturated carbocycles. The van der Waals surface area contributed by atoms with Crippen LogP contribution in [-0.2, 0) is 0 Å². The van der Waals surface area contributed by atoms with E-state index in [1.807, 2.05) is 0 Å². The Hall–Kier alpha value is 0. The molecule has 0 spiro atoms. The fourth-order valence-electron chi connectivity index (χ4n) is 0.177. The third kappa shape index (κ3) is 0.125. The second kappa shape index (κ2) is 0.750. The van der Waals surface area contributed by atoms with Gasteiger partial charge in [-0.1, -0.05) is 6.42 Å². The first-order valence-electron chi connectivity index (χ1n) is 1.71. The topological polar surface area (TPSA) is 0 Å². The van der Waals surface area contributed by atoms with Crippen molar-refractivity contribution in [2.75, 3.05) is 0 Å². The summed E-state index contributed by atoms with van der Waals surface area (Å²) >= 11 is 0. The fourth-order valence-corrected chi connectivity index (χ4v) is 0.177. The van der Waals surface area contributed by atoms with Crippen LogP contribution in [0.3, 0.4) is 0 Å². The first-order valence-corrected chi connectivity index (χ1v) is 1.71. The minimum atomic E-state index is 1.25. The van der Waals surface area contributed by atoms with Crippen LogP contribution in [0.5, 0.6) is 0 Å². The maximum atomic E-state index is 3.11. The van der Waals surface area contributed by atoms with Gasteiger partial charge in [-0.2, -0.15) is 0 Å². The third-order valence-corrected chi connectivity index (χ3v) is 0.707. The highest BCUT2D eigenvalue weighted by Gasteiger charge is 1.96. The van der Waals surface area contributed by atoms with Crippen molar-refractivity contribution >= 4 is 0 Å². The van der Waals surface area contributed by atoms with Crippen LogP contribution >= 0.6 is 0 Å². The minimum Gasteiger partial charge on any atom is -0.0522 e. The van der Waals surface area contributed by atoms with Crippen LogP contribution in [0, 0.1) is 6.42 Å². The standard InChI is InChI=1S/C4H6/c1-2-4-3-1/h1-3H2. The highest BCUT2D eigenvalue weighted by Crippen LogP contribution is 2.13. The van der Waals surface area contributed by atoms with Crippen LogP contribution in [0.25, 0.3) is 0 Å². The van der Waals surface area contributed by atoms with Gasteiger partial charge >= 0.3 is 0 Å². The Balaban J connectivity index is 2.00. The van der Waals surface area contributed by atoms with E-state index in [9.17, 15) is 0 Å². The molecule has 0 aromatic carbocycles. The molecule has 1 aliphatic rings. The molecule has 1 aliphatic carbocycles. The summed E-state index contributed by atoms with van der Waals surface area (Å²) in [5.74, 6) is 0. The summed E-state index contributed by atoms with van der Waals surface area (Å²) in [5, 5.41) is 0. The monoisotopic (exact) mass is 54.0 g/mol. The highest BCUT2D eigenvalue weighted by molar-refractivity contribution is 4.74. The molecule has 2 radical (unpaired) electrons. The van der Waals surface area contributed by atoms with Gasteiger partial charge in [0.2, 0.25) is 0 Å². The molecular weight excluding hydrogens is 48.0 g/mol. The normalized spacial score (nSPS) is 24.0. The first kappa shape index (κ1) is 2.25. The molecular formula is C4H6. The molecule has 0 heterocycles. The number of hydrogen-bond donors (Lipinski definition) is 0. The van der Waals surface area contributed by atoms with Crippen LogP contribution < -0.4 is 0 Å². The molecule has 0 aromatic rings. The van der Waals surface area contributed by atoms with Crippen LogP contribution in [-0.4, -0.2) is 0 Å². The minimum absolute atomic E-state index is 1.25. The van der Waals surface area contributed by atoms with E-state index in [1.54, 1.807) is 0 Å². The number of rotatable bonds is 0. The van der Waals surface area contributed by atoms with Gasteiger partial charge in [-0.25, -0.2) is 0 Å². The summed E-state index contributed by atoms with van der Waals surface area (Å²) in [6, 6.07) is 0. The van der Waals surface area contributed by atoms with Gasteiger partial charge in [0.15, 0.2) is 0 Å². The van der Waals surface area contributed by atoms with Crippen molar-refractivity contribution in [3.63, 3.8) is 0 Å². The largest absolute Gasteiger partial charge is 0.0522 e. The van der Waals surface area contributed by atoms with E-state index < -0.39 is 0 Å². The Morgan fingerprint density at radius 1 is 1.25 bits per heavy atom. The summed E-state index contributed by atoms with van der Waals surface area (Å²) < 4.78 is 0. The Morgan fingerprint density at radius 2 is 1.50 bits per heavy atom. The van der Waals surface area contributed by atoms with E-state index in [4.69, 9.17) is 0 Å². The lowest BCUT2D eigenvalue weighted by Gasteiger charge is -2.04. The molecule has 0 saturated heterocycles.